The molecule has 0 amide bonds. The van der Waals surface area contributed by atoms with Gasteiger partial charge in [0.25, 0.3) is 0 Å². The molecule has 74 valence electrons. The van der Waals surface area contributed by atoms with Crippen molar-refractivity contribution < 1.29 is 8.42 Å². The van der Waals surface area contributed by atoms with Gasteiger partial charge in [0, 0.05) is 13.1 Å². The van der Waals surface area contributed by atoms with E-state index in [9.17, 15) is 8.42 Å². The fraction of sp³-hybridized carbons (Fsp3) is 0.875. The van der Waals surface area contributed by atoms with Crippen molar-refractivity contribution in [3.63, 3.8) is 0 Å². The molecule has 1 aliphatic rings. The number of sulfonamides is 1. The Hall–Kier alpha value is -0.600. The molecule has 0 radical (unpaired) electrons. The Bertz CT molecular complexity index is 321. The van der Waals surface area contributed by atoms with E-state index in [1.54, 1.807) is 0 Å². The summed E-state index contributed by atoms with van der Waals surface area (Å²) in [5.74, 6) is 0. The number of piperidine rings is 1. The van der Waals surface area contributed by atoms with E-state index in [1.165, 1.54) is 10.6 Å². The summed E-state index contributed by atoms with van der Waals surface area (Å²) in [7, 11) is -3.06. The highest BCUT2D eigenvalue weighted by molar-refractivity contribution is 7.88. The van der Waals surface area contributed by atoms with E-state index in [4.69, 9.17) is 5.26 Å². The van der Waals surface area contributed by atoms with E-state index in [2.05, 4.69) is 6.07 Å². The van der Waals surface area contributed by atoms with Crippen LogP contribution in [0.1, 0.15) is 19.8 Å². The lowest BCUT2D eigenvalue weighted by Gasteiger charge is -2.33. The SMILES string of the molecule is CC1(C#N)CCN(S(C)(=O)=O)CC1. The minimum atomic E-state index is -3.06. The molecule has 0 saturated carbocycles. The smallest absolute Gasteiger partial charge is 0.211 e. The second-order valence-corrected chi connectivity index (χ2v) is 5.82. The van der Waals surface area contributed by atoms with Crippen LogP contribution >= 0.6 is 0 Å². The van der Waals surface area contributed by atoms with E-state index in [0.717, 1.165) is 0 Å². The molecule has 0 atom stereocenters. The van der Waals surface area contributed by atoms with Gasteiger partial charge in [-0.25, -0.2) is 12.7 Å². The van der Waals surface area contributed by atoms with Crippen molar-refractivity contribution >= 4 is 10.0 Å². The van der Waals surface area contributed by atoms with Crippen LogP contribution in [0.15, 0.2) is 0 Å². The quantitative estimate of drug-likeness (QED) is 0.624. The Balaban J connectivity index is 2.65. The standard InChI is InChI=1S/C8H14N2O2S/c1-8(7-9)3-5-10(6-4-8)13(2,11)12/h3-6H2,1-2H3. The molecule has 0 aliphatic carbocycles. The maximum atomic E-state index is 11.1. The van der Waals surface area contributed by atoms with Crippen LogP contribution in [0.4, 0.5) is 0 Å². The summed E-state index contributed by atoms with van der Waals surface area (Å²) in [4.78, 5) is 0. The van der Waals surface area contributed by atoms with Crippen molar-refractivity contribution in [1.29, 1.82) is 5.26 Å². The lowest BCUT2D eigenvalue weighted by atomic mass is 9.83. The van der Waals surface area contributed by atoms with E-state index in [-0.39, 0.29) is 5.41 Å². The molecular formula is C8H14N2O2S. The van der Waals surface area contributed by atoms with Gasteiger partial charge in [0.05, 0.1) is 17.7 Å². The molecule has 1 aliphatic heterocycles. The first-order valence-corrected chi connectivity index (χ1v) is 6.09. The van der Waals surface area contributed by atoms with Gasteiger partial charge in [0.1, 0.15) is 0 Å². The first kappa shape index (κ1) is 10.5. The van der Waals surface area contributed by atoms with Gasteiger partial charge >= 0.3 is 0 Å². The van der Waals surface area contributed by atoms with Crippen molar-refractivity contribution in [2.24, 2.45) is 5.41 Å². The van der Waals surface area contributed by atoms with Gasteiger partial charge in [-0.2, -0.15) is 5.26 Å². The first-order chi connectivity index (χ1) is 5.87. The molecule has 0 aromatic rings. The minimum absolute atomic E-state index is 0.332. The third-order valence-electron chi connectivity index (χ3n) is 2.56. The molecule has 0 N–H and O–H groups in total. The summed E-state index contributed by atoms with van der Waals surface area (Å²) in [6.07, 6.45) is 2.48. The van der Waals surface area contributed by atoms with Crippen LogP contribution in [0.3, 0.4) is 0 Å². The number of nitrogens with zero attached hydrogens (tertiary/aromatic N) is 2. The summed E-state index contributed by atoms with van der Waals surface area (Å²) in [5.41, 5.74) is -0.332. The Labute approximate surface area is 79.2 Å². The average Bonchev–Trinajstić information content (AvgIpc) is 2.04. The second kappa shape index (κ2) is 3.28. The number of hydrogen-bond donors (Lipinski definition) is 0. The van der Waals surface area contributed by atoms with E-state index < -0.39 is 10.0 Å². The highest BCUT2D eigenvalue weighted by atomic mass is 32.2. The third-order valence-corrected chi connectivity index (χ3v) is 3.87. The predicted octanol–water partition coefficient (Wildman–Crippen LogP) is 0.572. The first-order valence-electron chi connectivity index (χ1n) is 4.24. The molecule has 1 saturated heterocycles. The molecule has 5 heteroatoms. The van der Waals surface area contributed by atoms with Gasteiger partial charge < -0.3 is 0 Å². The monoisotopic (exact) mass is 202 g/mol. The number of hydrogen-bond acceptors (Lipinski definition) is 3. The third kappa shape index (κ3) is 2.42. The highest BCUT2D eigenvalue weighted by Crippen LogP contribution is 2.30. The molecule has 0 aromatic heterocycles. The molecule has 1 fully saturated rings. The van der Waals surface area contributed by atoms with Gasteiger partial charge in [-0.15, -0.1) is 0 Å². The summed E-state index contributed by atoms with van der Waals surface area (Å²) in [6.45, 7) is 2.83. The molecular weight excluding hydrogens is 188 g/mol. The summed E-state index contributed by atoms with van der Waals surface area (Å²) in [5, 5.41) is 8.82. The lowest BCUT2D eigenvalue weighted by molar-refractivity contribution is 0.233. The maximum Gasteiger partial charge on any atom is 0.211 e. The van der Waals surface area contributed by atoms with Crippen LogP contribution in [0, 0.1) is 16.7 Å². The highest BCUT2D eigenvalue weighted by Gasteiger charge is 2.32. The normalized spacial score (nSPS) is 23.8. The zero-order valence-corrected chi connectivity index (χ0v) is 8.76. The van der Waals surface area contributed by atoms with E-state index in [0.29, 0.717) is 25.9 Å². The van der Waals surface area contributed by atoms with Crippen molar-refractivity contribution in [2.75, 3.05) is 19.3 Å². The predicted molar refractivity (Wildman–Crippen MR) is 49.4 cm³/mol. The molecule has 0 unspecified atom stereocenters. The Morgan fingerprint density at radius 1 is 1.38 bits per heavy atom. The second-order valence-electron chi connectivity index (χ2n) is 3.83. The van der Waals surface area contributed by atoms with E-state index >= 15 is 0 Å². The van der Waals surface area contributed by atoms with Gasteiger partial charge in [-0.3, -0.25) is 0 Å². The van der Waals surface area contributed by atoms with Crippen LogP contribution in [0.5, 0.6) is 0 Å². The van der Waals surface area contributed by atoms with Gasteiger partial charge in [0.15, 0.2) is 0 Å². The largest absolute Gasteiger partial charge is 0.213 e. The Kier molecular flexibility index (Phi) is 2.64. The van der Waals surface area contributed by atoms with Crippen molar-refractivity contribution in [3.8, 4) is 6.07 Å². The van der Waals surface area contributed by atoms with Crippen LogP contribution in [0.2, 0.25) is 0 Å². The molecule has 0 spiro atoms. The number of nitriles is 1. The van der Waals surface area contributed by atoms with Gasteiger partial charge in [-0.1, -0.05) is 0 Å². The maximum absolute atomic E-state index is 11.1. The Morgan fingerprint density at radius 2 is 1.85 bits per heavy atom. The summed E-state index contributed by atoms with van der Waals surface area (Å²) in [6, 6.07) is 2.23. The summed E-state index contributed by atoms with van der Waals surface area (Å²) < 4.78 is 23.7. The lowest BCUT2D eigenvalue weighted by Crippen LogP contribution is -2.41. The van der Waals surface area contributed by atoms with Gasteiger partial charge in [0.2, 0.25) is 10.0 Å². The molecule has 4 nitrogen and oxygen atoms in total. The number of rotatable bonds is 1. The van der Waals surface area contributed by atoms with Crippen LogP contribution in [-0.2, 0) is 10.0 Å². The molecule has 0 aromatic carbocycles. The minimum Gasteiger partial charge on any atom is -0.213 e. The summed E-state index contributed by atoms with van der Waals surface area (Å²) >= 11 is 0. The van der Waals surface area contributed by atoms with E-state index in [1.807, 2.05) is 6.92 Å². The molecule has 13 heavy (non-hydrogen) atoms. The van der Waals surface area contributed by atoms with Crippen LogP contribution in [-0.4, -0.2) is 32.1 Å². The Morgan fingerprint density at radius 3 is 2.15 bits per heavy atom. The fourth-order valence-corrected chi connectivity index (χ4v) is 2.27. The van der Waals surface area contributed by atoms with Crippen molar-refractivity contribution in [3.05, 3.63) is 0 Å². The van der Waals surface area contributed by atoms with Crippen molar-refractivity contribution in [2.45, 2.75) is 19.8 Å². The zero-order valence-electron chi connectivity index (χ0n) is 7.95. The zero-order chi connectivity index (χ0) is 10.1. The molecule has 1 rings (SSSR count). The van der Waals surface area contributed by atoms with Gasteiger partial charge in [-0.05, 0) is 19.8 Å². The fourth-order valence-electron chi connectivity index (χ4n) is 1.42. The topological polar surface area (TPSA) is 61.2 Å². The molecule has 1 heterocycles. The molecule has 0 bridgehead atoms. The van der Waals surface area contributed by atoms with Crippen LogP contribution < -0.4 is 0 Å². The van der Waals surface area contributed by atoms with Crippen LogP contribution in [0.25, 0.3) is 0 Å². The van der Waals surface area contributed by atoms with Crippen molar-refractivity contribution in [1.82, 2.24) is 4.31 Å². The average molecular weight is 202 g/mol.